The van der Waals surface area contributed by atoms with Crippen LogP contribution in [0.5, 0.6) is 0 Å². The highest BCUT2D eigenvalue weighted by molar-refractivity contribution is 6.11. The predicted octanol–water partition coefficient (Wildman–Crippen LogP) is 15.5. The van der Waals surface area contributed by atoms with E-state index in [1.807, 2.05) is 72.8 Å². The molecule has 0 saturated carbocycles. The Morgan fingerprint density at radius 1 is 0.375 bits per heavy atom. The maximum atomic E-state index is 6.96. The van der Waals surface area contributed by atoms with Crippen molar-refractivity contribution in [3.63, 3.8) is 0 Å². The Hall–Kier alpha value is -8.35. The largest absolute Gasteiger partial charge is 0.456 e. The van der Waals surface area contributed by atoms with E-state index in [4.69, 9.17) is 28.2 Å². The van der Waals surface area contributed by atoms with Crippen LogP contribution in [0.2, 0.25) is 0 Å². The highest BCUT2D eigenvalue weighted by Gasteiger charge is 2.30. The number of fused-ring (bicyclic) bond motifs is 13. The van der Waals surface area contributed by atoms with E-state index < -0.39 is 0 Å². The molecule has 0 saturated heterocycles. The van der Waals surface area contributed by atoms with E-state index in [0.29, 0.717) is 17.5 Å². The lowest BCUT2D eigenvalue weighted by Crippen LogP contribution is -2.07. The first kappa shape index (κ1) is 35.3. The summed E-state index contributed by atoms with van der Waals surface area (Å²) in [4.78, 5) is 16.2. The van der Waals surface area contributed by atoms with Gasteiger partial charge in [0, 0.05) is 49.4 Å². The summed E-state index contributed by atoms with van der Waals surface area (Å²) in [6.45, 7) is 0. The van der Waals surface area contributed by atoms with Crippen LogP contribution in [0.4, 0.5) is 0 Å². The maximum absolute atomic E-state index is 6.96. The summed E-state index contributed by atoms with van der Waals surface area (Å²) in [6, 6.07) is 63.8. The van der Waals surface area contributed by atoms with Gasteiger partial charge in [0.1, 0.15) is 33.5 Å². The van der Waals surface area contributed by atoms with Crippen LogP contribution in [0.1, 0.15) is 29.0 Å². The number of hydrogen-bond donors (Lipinski definition) is 0. The predicted molar refractivity (Wildman–Crippen MR) is 258 cm³/mol. The van der Waals surface area contributed by atoms with Crippen molar-refractivity contribution in [2.75, 3.05) is 0 Å². The molecular weight excluding hydrogens is 787 g/mol. The van der Waals surface area contributed by atoms with Crippen molar-refractivity contribution in [3.8, 4) is 45.3 Å². The molecule has 14 rings (SSSR count). The van der Waals surface area contributed by atoms with Crippen LogP contribution in [0, 0.1) is 0 Å². The monoisotopic (exact) mass is 821 g/mol. The fraction of sp³-hybridized carbons (Fsp3) is 0.0517. The van der Waals surface area contributed by atoms with Gasteiger partial charge in [-0.25, -0.2) is 15.0 Å². The van der Waals surface area contributed by atoms with Crippen LogP contribution in [-0.2, 0) is 6.42 Å². The Morgan fingerprint density at radius 2 is 0.906 bits per heavy atom. The fourth-order valence-corrected chi connectivity index (χ4v) is 10.4. The van der Waals surface area contributed by atoms with Crippen LogP contribution < -0.4 is 0 Å². The van der Waals surface area contributed by atoms with Gasteiger partial charge in [-0.15, -0.1) is 0 Å². The van der Waals surface area contributed by atoms with Gasteiger partial charge in [0.15, 0.2) is 17.5 Å². The summed E-state index contributed by atoms with van der Waals surface area (Å²) in [5, 5.41) is 8.67. The normalized spacial score (nSPS) is 14.0. The molecule has 1 aliphatic carbocycles. The Kier molecular flexibility index (Phi) is 7.48. The molecule has 64 heavy (non-hydrogen) atoms. The zero-order valence-electron chi connectivity index (χ0n) is 34.4. The van der Waals surface area contributed by atoms with Crippen molar-refractivity contribution in [1.29, 1.82) is 0 Å². The minimum absolute atomic E-state index is 0.00489. The summed E-state index contributed by atoms with van der Waals surface area (Å²) in [7, 11) is 0. The maximum Gasteiger partial charge on any atom is 0.168 e. The van der Waals surface area contributed by atoms with Gasteiger partial charge in [-0.1, -0.05) is 121 Å². The second kappa shape index (κ2) is 13.6. The van der Waals surface area contributed by atoms with Crippen molar-refractivity contribution in [2.45, 2.75) is 18.8 Å². The molecule has 13 aromatic rings. The lowest BCUT2D eigenvalue weighted by atomic mass is 9.82. The molecule has 6 nitrogen and oxygen atoms in total. The fourth-order valence-electron chi connectivity index (χ4n) is 10.4. The number of nitrogens with zero attached hydrogens (tertiary/aromatic N) is 3. The second-order valence-corrected chi connectivity index (χ2v) is 17.0. The Balaban J connectivity index is 1.04. The molecule has 4 aromatic heterocycles. The lowest BCUT2D eigenvalue weighted by Gasteiger charge is -2.22. The summed E-state index contributed by atoms with van der Waals surface area (Å²) in [6.07, 6.45) is 1.79. The Labute approximate surface area is 366 Å². The Bertz CT molecular complexity index is 3930. The van der Waals surface area contributed by atoms with Crippen LogP contribution >= 0.6 is 0 Å². The summed E-state index contributed by atoms with van der Waals surface area (Å²) < 4.78 is 19.5. The van der Waals surface area contributed by atoms with Crippen LogP contribution in [0.15, 0.2) is 195 Å². The van der Waals surface area contributed by atoms with Crippen molar-refractivity contribution in [2.24, 2.45) is 0 Å². The zero-order chi connectivity index (χ0) is 41.9. The van der Waals surface area contributed by atoms with Crippen LogP contribution in [-0.4, -0.2) is 15.0 Å². The number of hydrogen-bond acceptors (Lipinski definition) is 6. The third kappa shape index (κ3) is 5.35. The third-order valence-corrected chi connectivity index (χ3v) is 13.4. The minimum Gasteiger partial charge on any atom is -0.456 e. The van der Waals surface area contributed by atoms with Gasteiger partial charge in [-0.2, -0.15) is 0 Å². The number of furan rings is 3. The molecule has 1 aliphatic rings. The van der Waals surface area contributed by atoms with Crippen molar-refractivity contribution in [3.05, 3.63) is 199 Å². The van der Waals surface area contributed by atoms with Gasteiger partial charge < -0.3 is 13.3 Å². The average Bonchev–Trinajstić information content (AvgIpc) is 4.01. The van der Waals surface area contributed by atoms with E-state index in [1.54, 1.807) is 0 Å². The standard InChI is InChI=1S/C58H35N3O3/c1-2-12-34-30-46-35(29-33(34)11-1)21-24-40(38-13-3-4-14-39(38)46)44-25-26-45-41-15-5-10-20-51(41)64-55(45)54(44)58-60-56(36-22-27-52-47(31-36)42-16-6-8-18-49(42)62-52)59-57(61-58)37-23-28-53-48(32-37)43-17-7-9-19-50(43)63-53/h1-20,22-23,25-32,40H,21,24H2. The summed E-state index contributed by atoms with van der Waals surface area (Å²) in [5.74, 6) is 1.68. The number of aryl methyl sites for hydroxylation is 1. The van der Waals surface area contributed by atoms with E-state index in [9.17, 15) is 0 Å². The zero-order valence-corrected chi connectivity index (χ0v) is 34.4. The molecule has 6 heteroatoms. The Morgan fingerprint density at radius 3 is 1.58 bits per heavy atom. The molecule has 0 amide bonds. The molecule has 9 aromatic carbocycles. The third-order valence-electron chi connectivity index (χ3n) is 13.4. The molecule has 0 fully saturated rings. The van der Waals surface area contributed by atoms with Gasteiger partial charge >= 0.3 is 0 Å². The molecule has 1 unspecified atom stereocenters. The van der Waals surface area contributed by atoms with Gasteiger partial charge in [-0.3, -0.25) is 0 Å². The van der Waals surface area contributed by atoms with Crippen molar-refractivity contribution in [1.82, 2.24) is 15.0 Å². The first-order valence-electron chi connectivity index (χ1n) is 21.8. The molecular formula is C58H35N3O3. The highest BCUT2D eigenvalue weighted by atomic mass is 16.3. The molecule has 0 aliphatic heterocycles. The number of aromatic nitrogens is 3. The van der Waals surface area contributed by atoms with E-state index in [1.165, 1.54) is 33.0 Å². The molecule has 300 valence electrons. The van der Waals surface area contributed by atoms with E-state index in [-0.39, 0.29) is 5.92 Å². The smallest absolute Gasteiger partial charge is 0.168 e. The van der Waals surface area contributed by atoms with Crippen LogP contribution in [0.25, 0.3) is 122 Å². The molecule has 0 radical (unpaired) electrons. The first-order chi connectivity index (χ1) is 31.7. The molecule has 0 bridgehead atoms. The average molecular weight is 822 g/mol. The van der Waals surface area contributed by atoms with E-state index >= 15 is 0 Å². The number of rotatable bonds is 4. The van der Waals surface area contributed by atoms with Crippen molar-refractivity contribution < 1.29 is 13.3 Å². The van der Waals surface area contributed by atoms with Crippen LogP contribution in [0.3, 0.4) is 0 Å². The quantitative estimate of drug-likeness (QED) is 0.176. The summed E-state index contributed by atoms with van der Waals surface area (Å²) in [5.41, 5.74) is 13.8. The molecule has 1 atom stereocenters. The number of benzene rings is 9. The van der Waals surface area contributed by atoms with E-state index in [0.717, 1.165) is 101 Å². The van der Waals surface area contributed by atoms with Gasteiger partial charge in [0.25, 0.3) is 0 Å². The highest BCUT2D eigenvalue weighted by Crippen LogP contribution is 2.48. The second-order valence-electron chi connectivity index (χ2n) is 17.0. The first-order valence-corrected chi connectivity index (χ1v) is 21.8. The number of para-hydroxylation sites is 3. The molecule has 4 heterocycles. The topological polar surface area (TPSA) is 78.1 Å². The van der Waals surface area contributed by atoms with Gasteiger partial charge in [-0.05, 0) is 112 Å². The van der Waals surface area contributed by atoms with Gasteiger partial charge in [0.05, 0.1) is 5.56 Å². The molecule has 0 N–H and O–H groups in total. The lowest BCUT2D eigenvalue weighted by molar-refractivity contribution is 0.666. The molecule has 0 spiro atoms. The van der Waals surface area contributed by atoms with E-state index in [2.05, 4.69) is 109 Å². The minimum atomic E-state index is 0.00489. The SMILES string of the molecule is c1ccc2c(c1)-c1cc3ccccc3cc1CCC2c1ccc2c(oc3ccccc32)c1-c1nc(-c2ccc3oc4ccccc4c3c2)nc(-c2ccc3oc4ccccc4c3c2)n1. The summed E-state index contributed by atoms with van der Waals surface area (Å²) >= 11 is 0. The van der Waals surface area contributed by atoms with Crippen molar-refractivity contribution >= 4 is 76.6 Å². The van der Waals surface area contributed by atoms with Gasteiger partial charge in [0.2, 0.25) is 0 Å².